The van der Waals surface area contributed by atoms with Crippen molar-refractivity contribution in [2.45, 2.75) is 18.2 Å². The molecule has 0 unspecified atom stereocenters. The first kappa shape index (κ1) is 12.6. The number of rotatable bonds is 4. The topological polar surface area (TPSA) is 64.0 Å². The van der Waals surface area contributed by atoms with E-state index >= 15 is 0 Å². The molecule has 0 saturated carbocycles. The lowest BCUT2D eigenvalue weighted by molar-refractivity contribution is 0.601. The summed E-state index contributed by atoms with van der Waals surface area (Å²) < 4.78 is 28.1. The second-order valence-corrected chi connectivity index (χ2v) is 5.66. The lowest BCUT2D eigenvalue weighted by Gasteiger charge is -2.06. The molecule has 0 aliphatic rings. The molecule has 0 saturated heterocycles. The number of hydrogen-bond acceptors (Lipinski definition) is 3. The fourth-order valence-electron chi connectivity index (χ4n) is 1.57. The highest BCUT2D eigenvalue weighted by molar-refractivity contribution is 7.92. The van der Waals surface area contributed by atoms with Crippen molar-refractivity contribution < 1.29 is 8.42 Å². The van der Waals surface area contributed by atoms with E-state index in [1.54, 1.807) is 31.4 Å². The van der Waals surface area contributed by atoms with Crippen LogP contribution in [-0.2, 0) is 23.5 Å². The molecular formula is C12H15N3O2S. The molecule has 0 fully saturated rings. The van der Waals surface area contributed by atoms with Crippen LogP contribution in [0.1, 0.15) is 12.5 Å². The average molecular weight is 265 g/mol. The molecule has 2 rings (SSSR count). The van der Waals surface area contributed by atoms with E-state index in [4.69, 9.17) is 0 Å². The molecule has 0 radical (unpaired) electrons. The summed E-state index contributed by atoms with van der Waals surface area (Å²) in [6, 6.07) is 8.44. The van der Waals surface area contributed by atoms with Gasteiger partial charge < -0.3 is 0 Å². The second-order valence-electron chi connectivity index (χ2n) is 3.98. The van der Waals surface area contributed by atoms with Gasteiger partial charge in [0.15, 0.2) is 5.82 Å². The van der Waals surface area contributed by atoms with Crippen LogP contribution in [0.4, 0.5) is 5.82 Å². The van der Waals surface area contributed by atoms with Gasteiger partial charge in [-0.3, -0.25) is 9.40 Å². The Balaban J connectivity index is 2.24. The van der Waals surface area contributed by atoms with Gasteiger partial charge in [0.05, 0.1) is 4.90 Å². The predicted molar refractivity (Wildman–Crippen MR) is 69.8 cm³/mol. The van der Waals surface area contributed by atoms with E-state index in [0.29, 0.717) is 5.82 Å². The Kier molecular flexibility index (Phi) is 3.38. The summed E-state index contributed by atoms with van der Waals surface area (Å²) >= 11 is 0. The molecule has 2 aromatic rings. The summed E-state index contributed by atoms with van der Waals surface area (Å²) in [7, 11) is -1.82. The van der Waals surface area contributed by atoms with Crippen LogP contribution in [0.25, 0.3) is 0 Å². The Morgan fingerprint density at radius 2 is 1.89 bits per heavy atom. The van der Waals surface area contributed by atoms with Crippen LogP contribution in [0.15, 0.2) is 41.4 Å². The lowest BCUT2D eigenvalue weighted by Crippen LogP contribution is -2.13. The van der Waals surface area contributed by atoms with Gasteiger partial charge in [0, 0.05) is 19.3 Å². The first-order valence-electron chi connectivity index (χ1n) is 5.62. The van der Waals surface area contributed by atoms with Crippen molar-refractivity contribution >= 4 is 15.8 Å². The zero-order valence-electron chi connectivity index (χ0n) is 10.3. The molecule has 18 heavy (non-hydrogen) atoms. The molecule has 1 N–H and O–H groups in total. The molecule has 1 aromatic carbocycles. The van der Waals surface area contributed by atoms with Crippen molar-refractivity contribution in [1.29, 1.82) is 0 Å². The van der Waals surface area contributed by atoms with Crippen LogP contribution in [0.3, 0.4) is 0 Å². The summed E-state index contributed by atoms with van der Waals surface area (Å²) in [6.07, 6.45) is 2.56. The van der Waals surface area contributed by atoms with E-state index in [1.165, 1.54) is 4.68 Å². The summed E-state index contributed by atoms with van der Waals surface area (Å²) in [5.74, 6) is 0.317. The highest BCUT2D eigenvalue weighted by atomic mass is 32.2. The van der Waals surface area contributed by atoms with E-state index in [1.807, 2.05) is 19.1 Å². The number of sulfonamides is 1. The maximum atomic E-state index is 12.1. The van der Waals surface area contributed by atoms with Crippen LogP contribution in [-0.4, -0.2) is 18.2 Å². The van der Waals surface area contributed by atoms with Crippen LogP contribution in [0, 0.1) is 0 Å². The lowest BCUT2D eigenvalue weighted by atomic mass is 10.2. The van der Waals surface area contributed by atoms with Crippen molar-refractivity contribution in [2.75, 3.05) is 4.72 Å². The molecule has 96 valence electrons. The van der Waals surface area contributed by atoms with Gasteiger partial charge in [0.1, 0.15) is 0 Å². The molecule has 5 nitrogen and oxygen atoms in total. The maximum absolute atomic E-state index is 12.1. The fourth-order valence-corrected chi connectivity index (χ4v) is 2.57. The number of nitrogens with one attached hydrogen (secondary N) is 1. The Morgan fingerprint density at radius 1 is 1.22 bits per heavy atom. The normalized spacial score (nSPS) is 11.4. The van der Waals surface area contributed by atoms with Crippen LogP contribution >= 0.6 is 0 Å². The number of hydrogen-bond donors (Lipinski definition) is 1. The first-order valence-corrected chi connectivity index (χ1v) is 7.11. The zero-order valence-corrected chi connectivity index (χ0v) is 11.1. The van der Waals surface area contributed by atoms with Crippen molar-refractivity contribution in [3.05, 3.63) is 42.1 Å². The van der Waals surface area contributed by atoms with Crippen molar-refractivity contribution in [2.24, 2.45) is 7.05 Å². The quantitative estimate of drug-likeness (QED) is 0.916. The number of benzene rings is 1. The maximum Gasteiger partial charge on any atom is 0.263 e. The Bertz CT molecular complexity index is 630. The molecule has 1 aromatic heterocycles. The van der Waals surface area contributed by atoms with Crippen molar-refractivity contribution in [3.63, 3.8) is 0 Å². The molecule has 6 heteroatoms. The van der Waals surface area contributed by atoms with Crippen LogP contribution in [0.5, 0.6) is 0 Å². The van der Waals surface area contributed by atoms with Crippen molar-refractivity contribution in [1.82, 2.24) is 9.78 Å². The van der Waals surface area contributed by atoms with Gasteiger partial charge in [-0.1, -0.05) is 19.1 Å². The summed E-state index contributed by atoms with van der Waals surface area (Å²) in [4.78, 5) is 0.241. The van der Waals surface area contributed by atoms with E-state index in [9.17, 15) is 8.42 Å². The Labute approximate surface area is 107 Å². The third-order valence-corrected chi connectivity index (χ3v) is 3.97. The average Bonchev–Trinajstić information content (AvgIpc) is 2.74. The molecule has 0 aliphatic carbocycles. The fraction of sp³-hybridized carbons (Fsp3) is 0.250. The highest BCUT2D eigenvalue weighted by Crippen LogP contribution is 2.15. The van der Waals surface area contributed by atoms with Gasteiger partial charge in [-0.25, -0.2) is 8.42 Å². The molecule has 0 bridgehead atoms. The van der Waals surface area contributed by atoms with Gasteiger partial charge in [-0.2, -0.15) is 5.10 Å². The molecule has 0 amide bonds. The minimum absolute atomic E-state index is 0.241. The minimum atomic E-state index is -3.55. The number of nitrogens with zero attached hydrogens (tertiary/aromatic N) is 2. The van der Waals surface area contributed by atoms with Gasteiger partial charge in [-0.05, 0) is 24.1 Å². The van der Waals surface area contributed by atoms with E-state index in [0.717, 1.165) is 12.0 Å². The SMILES string of the molecule is CCc1ccc(S(=O)(=O)Nc2ccn(C)n2)cc1. The third kappa shape index (κ3) is 2.70. The van der Waals surface area contributed by atoms with E-state index < -0.39 is 10.0 Å². The summed E-state index contributed by atoms with van der Waals surface area (Å²) in [5.41, 5.74) is 1.10. The minimum Gasteiger partial charge on any atom is -0.274 e. The molecule has 0 aliphatic heterocycles. The molecular weight excluding hydrogens is 250 g/mol. The van der Waals surface area contributed by atoms with Gasteiger partial charge >= 0.3 is 0 Å². The van der Waals surface area contributed by atoms with Crippen LogP contribution in [0.2, 0.25) is 0 Å². The van der Waals surface area contributed by atoms with E-state index in [-0.39, 0.29) is 4.90 Å². The monoisotopic (exact) mass is 265 g/mol. The predicted octanol–water partition coefficient (Wildman–Crippen LogP) is 1.78. The third-order valence-electron chi connectivity index (χ3n) is 2.59. The zero-order chi connectivity index (χ0) is 13.2. The van der Waals surface area contributed by atoms with Crippen LogP contribution < -0.4 is 4.72 Å². The standard InChI is InChI=1S/C12H15N3O2S/c1-3-10-4-6-11(7-5-10)18(16,17)14-12-8-9-15(2)13-12/h4-9H,3H2,1-2H3,(H,13,14). The smallest absolute Gasteiger partial charge is 0.263 e. The van der Waals surface area contributed by atoms with Crippen molar-refractivity contribution in [3.8, 4) is 0 Å². The van der Waals surface area contributed by atoms with E-state index in [2.05, 4.69) is 9.82 Å². The molecule has 1 heterocycles. The first-order chi connectivity index (χ1) is 8.51. The largest absolute Gasteiger partial charge is 0.274 e. The molecule has 0 spiro atoms. The van der Waals surface area contributed by atoms with Gasteiger partial charge in [0.2, 0.25) is 0 Å². The molecule has 0 atom stereocenters. The van der Waals surface area contributed by atoms with Gasteiger partial charge in [-0.15, -0.1) is 0 Å². The number of aromatic nitrogens is 2. The summed E-state index contributed by atoms with van der Waals surface area (Å²) in [5, 5.41) is 3.98. The second kappa shape index (κ2) is 4.81. The Hall–Kier alpha value is -1.82. The number of anilines is 1. The van der Waals surface area contributed by atoms with Gasteiger partial charge in [0.25, 0.3) is 10.0 Å². The summed E-state index contributed by atoms with van der Waals surface area (Å²) in [6.45, 7) is 2.02. The Morgan fingerprint density at radius 3 is 2.39 bits per heavy atom. The number of aryl methyl sites for hydroxylation is 2. The highest BCUT2D eigenvalue weighted by Gasteiger charge is 2.14.